The number of carbonyl (C=O) groups is 3. The van der Waals surface area contributed by atoms with Gasteiger partial charge in [0.05, 0.1) is 11.3 Å². The minimum atomic E-state index is -0.468. The Morgan fingerprint density at radius 3 is 2.27 bits per heavy atom. The molecule has 0 spiro atoms. The summed E-state index contributed by atoms with van der Waals surface area (Å²) in [6.45, 7) is 1.55. The van der Waals surface area contributed by atoms with Crippen molar-refractivity contribution >= 4 is 40.4 Å². The Balaban J connectivity index is 1.56. The SMILES string of the molecule is CC(=O)Nc1ccc(C2=C(Nc3ccc4c(c3)OCO4)C(=O)N(c3ccccc3)C2=O)cc1. The Kier molecular flexibility index (Phi) is 5.02. The molecular weight excluding hydrogens is 422 g/mol. The first-order chi connectivity index (χ1) is 16.0. The zero-order valence-electron chi connectivity index (χ0n) is 17.6. The number of hydrogen-bond donors (Lipinski definition) is 2. The van der Waals surface area contributed by atoms with Gasteiger partial charge in [0.1, 0.15) is 5.70 Å². The van der Waals surface area contributed by atoms with E-state index in [4.69, 9.17) is 9.47 Å². The predicted molar refractivity (Wildman–Crippen MR) is 123 cm³/mol. The van der Waals surface area contributed by atoms with Crippen molar-refractivity contribution in [1.82, 2.24) is 0 Å². The molecule has 0 unspecified atom stereocenters. The van der Waals surface area contributed by atoms with Crippen LogP contribution < -0.4 is 25.0 Å². The van der Waals surface area contributed by atoms with Gasteiger partial charge in [-0.15, -0.1) is 0 Å². The summed E-state index contributed by atoms with van der Waals surface area (Å²) < 4.78 is 10.8. The summed E-state index contributed by atoms with van der Waals surface area (Å²) in [5.41, 5.74) is 2.57. The number of nitrogens with one attached hydrogen (secondary N) is 2. The number of hydrogen-bond acceptors (Lipinski definition) is 6. The molecule has 0 fully saturated rings. The molecule has 33 heavy (non-hydrogen) atoms. The second kappa shape index (κ2) is 8.16. The van der Waals surface area contributed by atoms with E-state index in [1.165, 1.54) is 6.92 Å². The molecule has 8 nitrogen and oxygen atoms in total. The quantitative estimate of drug-likeness (QED) is 0.585. The van der Waals surface area contributed by atoms with Gasteiger partial charge in [-0.3, -0.25) is 14.4 Å². The Morgan fingerprint density at radius 2 is 1.55 bits per heavy atom. The van der Waals surface area contributed by atoms with Crippen LogP contribution in [0.4, 0.5) is 17.1 Å². The molecule has 0 radical (unpaired) electrons. The monoisotopic (exact) mass is 441 g/mol. The number of anilines is 3. The van der Waals surface area contributed by atoms with Crippen LogP contribution in [0.5, 0.6) is 11.5 Å². The molecule has 3 aromatic rings. The lowest BCUT2D eigenvalue weighted by Crippen LogP contribution is -2.32. The number of amides is 3. The Labute approximate surface area is 189 Å². The van der Waals surface area contributed by atoms with Crippen molar-refractivity contribution in [1.29, 1.82) is 0 Å². The van der Waals surface area contributed by atoms with Crippen LogP contribution in [0, 0.1) is 0 Å². The molecular formula is C25H19N3O5. The van der Waals surface area contributed by atoms with Gasteiger partial charge >= 0.3 is 0 Å². The molecule has 8 heteroatoms. The van der Waals surface area contributed by atoms with E-state index in [1.807, 2.05) is 6.07 Å². The first kappa shape index (κ1) is 20.3. The average molecular weight is 441 g/mol. The maximum Gasteiger partial charge on any atom is 0.282 e. The van der Waals surface area contributed by atoms with Crippen LogP contribution in [0.3, 0.4) is 0 Å². The largest absolute Gasteiger partial charge is 0.454 e. The molecule has 0 aromatic heterocycles. The van der Waals surface area contributed by atoms with E-state index in [1.54, 1.807) is 66.7 Å². The fraction of sp³-hybridized carbons (Fsp3) is 0.0800. The molecule has 2 aliphatic heterocycles. The number of nitrogens with zero attached hydrogens (tertiary/aromatic N) is 1. The van der Waals surface area contributed by atoms with Gasteiger partial charge in [0.2, 0.25) is 12.7 Å². The van der Waals surface area contributed by atoms with Crippen molar-refractivity contribution in [3.63, 3.8) is 0 Å². The Morgan fingerprint density at radius 1 is 0.848 bits per heavy atom. The normalized spacial score (nSPS) is 14.6. The molecule has 0 aliphatic carbocycles. The summed E-state index contributed by atoms with van der Waals surface area (Å²) in [6.07, 6.45) is 0. The molecule has 2 heterocycles. The lowest BCUT2D eigenvalue weighted by atomic mass is 10.0. The fourth-order valence-electron chi connectivity index (χ4n) is 3.77. The van der Waals surface area contributed by atoms with Crippen molar-refractivity contribution in [3.8, 4) is 11.5 Å². The highest BCUT2D eigenvalue weighted by atomic mass is 16.7. The van der Waals surface area contributed by atoms with E-state index in [0.29, 0.717) is 34.1 Å². The summed E-state index contributed by atoms with van der Waals surface area (Å²) >= 11 is 0. The highest BCUT2D eigenvalue weighted by molar-refractivity contribution is 6.46. The number of rotatable bonds is 5. The van der Waals surface area contributed by atoms with Crippen LogP contribution in [-0.2, 0) is 14.4 Å². The summed E-state index contributed by atoms with van der Waals surface area (Å²) in [5, 5.41) is 5.80. The van der Waals surface area contributed by atoms with E-state index in [0.717, 1.165) is 4.90 Å². The molecule has 0 saturated heterocycles. The molecule has 0 bridgehead atoms. The number of benzene rings is 3. The maximum absolute atomic E-state index is 13.5. The van der Waals surface area contributed by atoms with Crippen molar-refractivity contribution in [2.75, 3.05) is 22.3 Å². The third-order valence-electron chi connectivity index (χ3n) is 5.23. The number of imide groups is 1. The third-order valence-corrected chi connectivity index (χ3v) is 5.23. The first-order valence-electron chi connectivity index (χ1n) is 10.2. The second-order valence-electron chi connectivity index (χ2n) is 7.48. The molecule has 2 aliphatic rings. The molecule has 5 rings (SSSR count). The highest BCUT2D eigenvalue weighted by Crippen LogP contribution is 2.37. The van der Waals surface area contributed by atoms with E-state index >= 15 is 0 Å². The van der Waals surface area contributed by atoms with E-state index < -0.39 is 11.8 Å². The Hall–Kier alpha value is -4.59. The van der Waals surface area contributed by atoms with Crippen molar-refractivity contribution in [3.05, 3.63) is 84.1 Å². The lowest BCUT2D eigenvalue weighted by molar-refractivity contribution is -0.120. The van der Waals surface area contributed by atoms with Gasteiger partial charge in [-0.05, 0) is 42.0 Å². The smallest absolute Gasteiger partial charge is 0.282 e. The number of fused-ring (bicyclic) bond motifs is 1. The summed E-state index contributed by atoms with van der Waals surface area (Å²) in [7, 11) is 0. The second-order valence-corrected chi connectivity index (χ2v) is 7.48. The van der Waals surface area contributed by atoms with Crippen molar-refractivity contribution < 1.29 is 23.9 Å². The average Bonchev–Trinajstić information content (AvgIpc) is 3.37. The zero-order chi connectivity index (χ0) is 22.9. The van der Waals surface area contributed by atoms with Gasteiger partial charge in [-0.1, -0.05) is 30.3 Å². The topological polar surface area (TPSA) is 97.0 Å². The standard InChI is InChI=1S/C25H19N3O5/c1-15(29)26-17-9-7-16(8-10-17)22-23(27-18-11-12-20-21(13-18)33-14-32-20)25(31)28(24(22)30)19-5-3-2-4-6-19/h2-13,27H,14H2,1H3,(H,26,29). The molecule has 0 saturated carbocycles. The van der Waals surface area contributed by atoms with Crippen LogP contribution in [-0.4, -0.2) is 24.5 Å². The summed E-state index contributed by atoms with van der Waals surface area (Å²) in [6, 6.07) is 20.7. The summed E-state index contributed by atoms with van der Waals surface area (Å²) in [5.74, 6) is 0.0579. The highest BCUT2D eigenvalue weighted by Gasteiger charge is 2.40. The van der Waals surface area contributed by atoms with Gasteiger partial charge in [0, 0.05) is 24.4 Å². The van der Waals surface area contributed by atoms with Crippen LogP contribution in [0.1, 0.15) is 12.5 Å². The first-order valence-corrected chi connectivity index (χ1v) is 10.2. The number of ether oxygens (including phenoxy) is 2. The molecule has 2 N–H and O–H groups in total. The van der Waals surface area contributed by atoms with Crippen LogP contribution in [0.15, 0.2) is 78.5 Å². The zero-order valence-corrected chi connectivity index (χ0v) is 17.6. The predicted octanol–water partition coefficient (Wildman–Crippen LogP) is 3.77. The fourth-order valence-corrected chi connectivity index (χ4v) is 3.77. The minimum Gasteiger partial charge on any atom is -0.454 e. The molecule has 0 atom stereocenters. The van der Waals surface area contributed by atoms with Crippen LogP contribution in [0.2, 0.25) is 0 Å². The van der Waals surface area contributed by atoms with Crippen LogP contribution >= 0.6 is 0 Å². The van der Waals surface area contributed by atoms with Gasteiger partial charge in [-0.25, -0.2) is 4.90 Å². The minimum absolute atomic E-state index is 0.132. The molecule has 3 amide bonds. The number of carbonyl (C=O) groups excluding carboxylic acids is 3. The van der Waals surface area contributed by atoms with Crippen LogP contribution in [0.25, 0.3) is 5.57 Å². The Bertz CT molecular complexity index is 1300. The third kappa shape index (κ3) is 3.78. The number of para-hydroxylation sites is 1. The van der Waals surface area contributed by atoms with Gasteiger partial charge < -0.3 is 20.1 Å². The van der Waals surface area contributed by atoms with Crippen molar-refractivity contribution in [2.45, 2.75) is 6.92 Å². The van der Waals surface area contributed by atoms with Gasteiger partial charge in [0.25, 0.3) is 11.8 Å². The molecule has 164 valence electrons. The maximum atomic E-state index is 13.5. The van der Waals surface area contributed by atoms with E-state index in [-0.39, 0.29) is 24.0 Å². The summed E-state index contributed by atoms with van der Waals surface area (Å²) in [4.78, 5) is 39.4. The van der Waals surface area contributed by atoms with Crippen molar-refractivity contribution in [2.24, 2.45) is 0 Å². The van der Waals surface area contributed by atoms with Gasteiger partial charge in [0.15, 0.2) is 11.5 Å². The lowest BCUT2D eigenvalue weighted by Gasteiger charge is -2.15. The van der Waals surface area contributed by atoms with Gasteiger partial charge in [-0.2, -0.15) is 0 Å². The van der Waals surface area contributed by atoms with E-state index in [9.17, 15) is 14.4 Å². The van der Waals surface area contributed by atoms with E-state index in [2.05, 4.69) is 10.6 Å². The molecule has 3 aromatic carbocycles.